The third-order valence-corrected chi connectivity index (χ3v) is 12.2. The molecule has 18 heteroatoms. The highest BCUT2D eigenvalue weighted by atomic mass is 33.1. The monoisotopic (exact) mass is 788 g/mol. The summed E-state index contributed by atoms with van der Waals surface area (Å²) in [5.74, 6) is 5.84. The maximum Gasteiger partial charge on any atom is 0.262 e. The molecule has 5 N–H and O–H groups in total. The van der Waals surface area contributed by atoms with Crippen LogP contribution in [0.3, 0.4) is 0 Å². The second-order valence-electron chi connectivity index (χ2n) is 12.2. The average Bonchev–Trinajstić information content (AvgIpc) is 3.51. The minimum atomic E-state index is -0.694. The van der Waals surface area contributed by atoms with Gasteiger partial charge in [0.05, 0.1) is 32.5 Å². The molecule has 0 bridgehead atoms. The van der Waals surface area contributed by atoms with Crippen molar-refractivity contribution in [1.29, 1.82) is 0 Å². The second-order valence-corrected chi connectivity index (χ2v) is 17.9. The number of amides is 3. The van der Waals surface area contributed by atoms with Gasteiger partial charge in [0.15, 0.2) is 5.44 Å². The molecule has 2 unspecified atom stereocenters. The van der Waals surface area contributed by atoms with Crippen molar-refractivity contribution in [3.8, 4) is 17.5 Å². The van der Waals surface area contributed by atoms with E-state index in [1.807, 2.05) is 13.2 Å². The Morgan fingerprint density at radius 2 is 2.00 bits per heavy atom. The summed E-state index contributed by atoms with van der Waals surface area (Å²) in [6.07, 6.45) is 1.41. The van der Waals surface area contributed by atoms with Crippen molar-refractivity contribution in [2.24, 2.45) is 5.73 Å². The minimum Gasteiger partial charge on any atom is -0.490 e. The standard InChI is InChI=1S/C33H53BN4O9S4/c1-7-38(5)31(42)32(50-48-6)47-25-19-27(46-26(25)20-39)34-12-9-14-36-28(40)21-43-16-17-44-29(49-51-33(2,3)4)22-45-24-11-8-10-23(18-24)30(41)37-15-13-35/h8,10-11,18,25-27,29,32,34,39H,7,13-17,19-22,35H2,1-6H3,(H,36,40)(H,37,41)/t25-,26?,27-,29?,32+/m1/s1. The number of ether oxygens (including phenoxy) is 5. The topological polar surface area (TPSA) is 171 Å². The molecule has 0 aromatic heterocycles. The van der Waals surface area contributed by atoms with Crippen molar-refractivity contribution in [1.82, 2.24) is 15.5 Å². The summed E-state index contributed by atoms with van der Waals surface area (Å²) in [6.45, 7) is 10.0. The summed E-state index contributed by atoms with van der Waals surface area (Å²) < 4.78 is 29.5. The molecule has 1 aromatic rings. The molecule has 286 valence electrons. The van der Waals surface area contributed by atoms with Gasteiger partial charge < -0.3 is 50.1 Å². The number of benzene rings is 1. The molecule has 5 atom stereocenters. The molecular formula is C33H53BN4O9S4. The summed E-state index contributed by atoms with van der Waals surface area (Å²) >= 11 is 0. The zero-order chi connectivity index (χ0) is 37.6. The van der Waals surface area contributed by atoms with Crippen LogP contribution >= 0.6 is 43.2 Å². The minimum absolute atomic E-state index is 0.00290. The number of carbonyl (C=O) groups excluding carboxylic acids is 3. The first-order chi connectivity index (χ1) is 24.4. The Labute approximate surface area is 319 Å². The summed E-state index contributed by atoms with van der Waals surface area (Å²) in [4.78, 5) is 38.8. The third kappa shape index (κ3) is 18.7. The van der Waals surface area contributed by atoms with Gasteiger partial charge in [0.1, 0.15) is 30.5 Å². The van der Waals surface area contributed by atoms with Crippen molar-refractivity contribution in [2.75, 3.05) is 72.5 Å². The van der Waals surface area contributed by atoms with Crippen LogP contribution in [0.1, 0.15) is 44.5 Å². The predicted octanol–water partition coefficient (Wildman–Crippen LogP) is 2.11. The van der Waals surface area contributed by atoms with Gasteiger partial charge in [-0.3, -0.25) is 14.4 Å². The number of nitrogens with two attached hydrogens (primary N) is 1. The molecule has 1 fully saturated rings. The van der Waals surface area contributed by atoms with E-state index in [9.17, 15) is 19.5 Å². The lowest BCUT2D eigenvalue weighted by molar-refractivity contribution is -0.141. The first kappa shape index (κ1) is 45.4. The highest BCUT2D eigenvalue weighted by Crippen LogP contribution is 2.38. The van der Waals surface area contributed by atoms with Crippen LogP contribution in [0, 0.1) is 11.7 Å². The third-order valence-electron chi connectivity index (χ3n) is 6.90. The van der Waals surface area contributed by atoms with Gasteiger partial charge in [-0.15, -0.1) is 0 Å². The number of aliphatic hydroxyl groups excluding tert-OH is 1. The van der Waals surface area contributed by atoms with Crippen LogP contribution in [0.5, 0.6) is 5.75 Å². The van der Waals surface area contributed by atoms with E-state index in [0.29, 0.717) is 44.6 Å². The molecule has 13 nitrogen and oxygen atoms in total. The molecular weight excluding hydrogens is 735 g/mol. The number of rotatable bonds is 23. The number of nitrogens with zero attached hydrogens (tertiary/aromatic N) is 1. The fourth-order valence-electron chi connectivity index (χ4n) is 4.27. The van der Waals surface area contributed by atoms with E-state index in [1.54, 1.807) is 57.8 Å². The van der Waals surface area contributed by atoms with Crippen molar-refractivity contribution in [3.63, 3.8) is 0 Å². The van der Waals surface area contributed by atoms with E-state index in [0.717, 1.165) is 0 Å². The fraction of sp³-hybridized carbons (Fsp3) is 0.667. The molecule has 1 aromatic carbocycles. The Bertz CT molecular complexity index is 1270. The van der Waals surface area contributed by atoms with E-state index in [4.69, 9.17) is 29.4 Å². The Hall–Kier alpha value is -1.79. The molecule has 0 radical (unpaired) electrons. The van der Waals surface area contributed by atoms with Crippen LogP contribution < -0.4 is 21.1 Å². The zero-order valence-electron chi connectivity index (χ0n) is 30.3. The van der Waals surface area contributed by atoms with Crippen molar-refractivity contribution < 1.29 is 43.2 Å². The molecule has 1 heterocycles. The van der Waals surface area contributed by atoms with Gasteiger partial charge >= 0.3 is 0 Å². The molecule has 1 saturated heterocycles. The van der Waals surface area contributed by atoms with Gasteiger partial charge in [0.2, 0.25) is 13.2 Å². The van der Waals surface area contributed by atoms with E-state index >= 15 is 0 Å². The van der Waals surface area contributed by atoms with Gasteiger partial charge in [0.25, 0.3) is 11.8 Å². The van der Waals surface area contributed by atoms with Crippen LogP contribution in [-0.2, 0) is 28.5 Å². The van der Waals surface area contributed by atoms with Crippen molar-refractivity contribution in [2.45, 2.75) is 67.9 Å². The SMILES string of the molecule is CCN(C)C(=O)[C@@H](O[C@@H]1C[C@H](BC#CCNC(=O)COCCOC(COc2cccc(C(=O)NCCN)c2)SSC(C)(C)C)OC1CO)SSC. The number of carbonyl (C=O) groups is 3. The van der Waals surface area contributed by atoms with E-state index in [1.165, 1.54) is 21.6 Å². The first-order valence-electron chi connectivity index (χ1n) is 16.7. The number of likely N-dealkylation sites (N-methyl/N-ethyl adjacent to an activating group) is 1. The molecule has 3 amide bonds. The van der Waals surface area contributed by atoms with Crippen molar-refractivity contribution in [3.05, 3.63) is 29.8 Å². The Morgan fingerprint density at radius 3 is 2.69 bits per heavy atom. The quantitative estimate of drug-likeness (QED) is 0.0418. The lowest BCUT2D eigenvalue weighted by Crippen LogP contribution is -2.40. The van der Waals surface area contributed by atoms with Crippen LogP contribution in [0.25, 0.3) is 0 Å². The summed E-state index contributed by atoms with van der Waals surface area (Å²) in [7, 11) is 8.12. The Balaban J connectivity index is 1.72. The maximum atomic E-state index is 12.7. The van der Waals surface area contributed by atoms with E-state index in [2.05, 4.69) is 43.1 Å². The van der Waals surface area contributed by atoms with Crippen LogP contribution in [0.2, 0.25) is 0 Å². The van der Waals surface area contributed by atoms with Crippen LogP contribution in [0.15, 0.2) is 24.3 Å². The molecule has 0 aliphatic carbocycles. The second kappa shape index (κ2) is 25.3. The van der Waals surface area contributed by atoms with Crippen LogP contribution in [-0.4, -0.2) is 141 Å². The summed E-state index contributed by atoms with van der Waals surface area (Å²) in [5, 5.41) is 15.3. The molecule has 1 aliphatic rings. The van der Waals surface area contributed by atoms with Gasteiger partial charge in [-0.1, -0.05) is 75.9 Å². The average molecular weight is 789 g/mol. The lowest BCUT2D eigenvalue weighted by Gasteiger charge is -2.26. The molecule has 0 spiro atoms. The molecule has 1 aliphatic heterocycles. The van der Waals surface area contributed by atoms with Crippen molar-refractivity contribution >= 4 is 68.2 Å². The Kier molecular flexibility index (Phi) is 22.5. The Morgan fingerprint density at radius 1 is 1.22 bits per heavy atom. The highest BCUT2D eigenvalue weighted by Gasteiger charge is 2.39. The fourth-order valence-corrected chi connectivity index (χ4v) is 7.99. The number of nitrogens with one attached hydrogen (secondary N) is 2. The summed E-state index contributed by atoms with van der Waals surface area (Å²) in [5.41, 5.74) is 4.94. The smallest absolute Gasteiger partial charge is 0.262 e. The van der Waals surface area contributed by atoms with E-state index in [-0.39, 0.29) is 73.5 Å². The number of hydrogen-bond donors (Lipinski definition) is 4. The molecule has 0 saturated carbocycles. The maximum absolute atomic E-state index is 12.7. The summed E-state index contributed by atoms with van der Waals surface area (Å²) in [6, 6.07) is 6.67. The molecule has 2 rings (SSSR count). The van der Waals surface area contributed by atoms with Gasteiger partial charge in [0, 0.05) is 43.0 Å². The zero-order valence-corrected chi connectivity index (χ0v) is 33.6. The highest BCUT2D eigenvalue weighted by molar-refractivity contribution is 8.77. The van der Waals surface area contributed by atoms with Gasteiger partial charge in [-0.25, -0.2) is 0 Å². The van der Waals surface area contributed by atoms with Crippen LogP contribution in [0.4, 0.5) is 0 Å². The number of aliphatic hydroxyl groups is 1. The first-order valence-corrected chi connectivity index (χ1v) is 21.6. The number of hydrogen-bond acceptors (Lipinski definition) is 14. The predicted molar refractivity (Wildman–Crippen MR) is 210 cm³/mol. The van der Waals surface area contributed by atoms with Gasteiger partial charge in [-0.05, 0) is 37.8 Å². The molecule has 51 heavy (non-hydrogen) atoms. The van der Waals surface area contributed by atoms with E-state index < -0.39 is 17.6 Å². The van der Waals surface area contributed by atoms with Gasteiger partial charge in [-0.2, -0.15) is 5.82 Å². The largest absolute Gasteiger partial charge is 0.490 e. The lowest BCUT2D eigenvalue weighted by atomic mass is 9.71. The normalized spacial score (nSPS) is 18.2.